The van der Waals surface area contributed by atoms with Gasteiger partial charge in [0.2, 0.25) is 6.04 Å². The van der Waals surface area contributed by atoms with Crippen LogP contribution in [0.4, 0.5) is 5.69 Å². The fraction of sp³-hybridized carbons (Fsp3) is 0.500. The van der Waals surface area contributed by atoms with Crippen LogP contribution in [-0.4, -0.2) is 17.5 Å². The average Bonchev–Trinajstić information content (AvgIpc) is 2.26. The first-order chi connectivity index (χ1) is 7.50. The van der Waals surface area contributed by atoms with E-state index in [4.69, 9.17) is 0 Å². The number of rotatable bonds is 5. The molecule has 0 aliphatic heterocycles. The molecular formula is C12H18N2O2. The van der Waals surface area contributed by atoms with Crippen molar-refractivity contribution in [3.63, 3.8) is 0 Å². The first-order valence-corrected chi connectivity index (χ1v) is 5.48. The Balaban J connectivity index is 2.52. The van der Waals surface area contributed by atoms with E-state index in [-0.39, 0.29) is 4.92 Å². The Morgan fingerprint density at radius 2 is 1.81 bits per heavy atom. The summed E-state index contributed by atoms with van der Waals surface area (Å²) in [4.78, 5) is 10.1. The van der Waals surface area contributed by atoms with Crippen LogP contribution in [0.1, 0.15) is 32.3 Å². The van der Waals surface area contributed by atoms with E-state index >= 15 is 0 Å². The summed E-state index contributed by atoms with van der Waals surface area (Å²) in [6.45, 7) is 6.22. The molecule has 88 valence electrons. The summed E-state index contributed by atoms with van der Waals surface area (Å²) in [6, 6.07) is 7.45. The highest BCUT2D eigenvalue weighted by Gasteiger charge is 2.11. The lowest BCUT2D eigenvalue weighted by Gasteiger charge is -2.09. The van der Waals surface area contributed by atoms with E-state index in [1.54, 1.807) is 6.92 Å². The summed E-state index contributed by atoms with van der Waals surface area (Å²) in [6.07, 6.45) is 0. The second-order valence-electron chi connectivity index (χ2n) is 4.29. The monoisotopic (exact) mass is 222 g/mol. The third-order valence-corrected chi connectivity index (χ3v) is 2.54. The van der Waals surface area contributed by atoms with Gasteiger partial charge in [0.1, 0.15) is 0 Å². The van der Waals surface area contributed by atoms with Gasteiger partial charge in [-0.25, -0.2) is 0 Å². The lowest BCUT2D eigenvalue weighted by molar-refractivity contribution is -0.514. The van der Waals surface area contributed by atoms with Crippen molar-refractivity contribution >= 4 is 5.69 Å². The largest absolute Gasteiger partial charge is 0.378 e. The summed E-state index contributed by atoms with van der Waals surface area (Å²) < 4.78 is 0. The summed E-state index contributed by atoms with van der Waals surface area (Å²) in [5.41, 5.74) is 2.20. The van der Waals surface area contributed by atoms with Crippen LogP contribution in [-0.2, 0) is 0 Å². The highest BCUT2D eigenvalue weighted by Crippen LogP contribution is 2.17. The zero-order valence-corrected chi connectivity index (χ0v) is 9.93. The first-order valence-electron chi connectivity index (χ1n) is 5.48. The molecule has 0 radical (unpaired) electrons. The number of nitro groups is 1. The van der Waals surface area contributed by atoms with E-state index in [0.717, 1.165) is 5.69 Å². The highest BCUT2D eigenvalue weighted by molar-refractivity contribution is 5.45. The topological polar surface area (TPSA) is 55.2 Å². The average molecular weight is 222 g/mol. The van der Waals surface area contributed by atoms with Crippen molar-refractivity contribution in [3.05, 3.63) is 39.9 Å². The van der Waals surface area contributed by atoms with Crippen molar-refractivity contribution < 1.29 is 4.92 Å². The maximum absolute atomic E-state index is 10.4. The van der Waals surface area contributed by atoms with Gasteiger partial charge in [-0.2, -0.15) is 0 Å². The Morgan fingerprint density at radius 1 is 1.25 bits per heavy atom. The summed E-state index contributed by atoms with van der Waals surface area (Å²) in [7, 11) is 0. The Kier molecular flexibility index (Phi) is 4.28. The van der Waals surface area contributed by atoms with Crippen molar-refractivity contribution in [1.29, 1.82) is 0 Å². The molecule has 0 spiro atoms. The van der Waals surface area contributed by atoms with Crippen LogP contribution in [0.2, 0.25) is 0 Å². The molecule has 0 fully saturated rings. The first kappa shape index (κ1) is 12.5. The zero-order valence-electron chi connectivity index (χ0n) is 9.93. The smallest absolute Gasteiger partial charge is 0.227 e. The molecule has 4 nitrogen and oxygen atoms in total. The minimum absolute atomic E-state index is 0.282. The lowest BCUT2D eigenvalue weighted by Crippen LogP contribution is -2.24. The number of anilines is 1. The van der Waals surface area contributed by atoms with Crippen molar-refractivity contribution in [2.24, 2.45) is 0 Å². The highest BCUT2D eigenvalue weighted by atomic mass is 16.6. The Hall–Kier alpha value is -1.58. The predicted octanol–water partition coefficient (Wildman–Crippen LogP) is 2.89. The van der Waals surface area contributed by atoms with Crippen LogP contribution in [0.3, 0.4) is 0 Å². The molecule has 0 aliphatic carbocycles. The van der Waals surface area contributed by atoms with Crippen LogP contribution in [0.5, 0.6) is 0 Å². The molecule has 0 aliphatic rings. The van der Waals surface area contributed by atoms with E-state index in [9.17, 15) is 10.1 Å². The molecule has 16 heavy (non-hydrogen) atoms. The third-order valence-electron chi connectivity index (χ3n) is 2.54. The van der Waals surface area contributed by atoms with Gasteiger partial charge in [-0.15, -0.1) is 0 Å². The number of nitrogens with zero attached hydrogens (tertiary/aromatic N) is 1. The molecule has 0 heterocycles. The van der Waals surface area contributed by atoms with Crippen molar-refractivity contribution in [1.82, 2.24) is 0 Å². The van der Waals surface area contributed by atoms with E-state index < -0.39 is 6.04 Å². The second-order valence-corrected chi connectivity index (χ2v) is 4.29. The van der Waals surface area contributed by atoms with Crippen LogP contribution >= 0.6 is 0 Å². The Morgan fingerprint density at radius 3 is 2.25 bits per heavy atom. The Labute approximate surface area is 95.8 Å². The molecule has 1 atom stereocenters. The zero-order chi connectivity index (χ0) is 12.1. The molecule has 1 N–H and O–H groups in total. The molecule has 1 rings (SSSR count). The number of benzene rings is 1. The van der Waals surface area contributed by atoms with Crippen LogP contribution < -0.4 is 5.32 Å². The number of hydrogen-bond donors (Lipinski definition) is 1. The maximum Gasteiger partial charge on any atom is 0.227 e. The van der Waals surface area contributed by atoms with Crippen LogP contribution in [0.25, 0.3) is 0 Å². The van der Waals surface area contributed by atoms with Crippen molar-refractivity contribution in [2.45, 2.75) is 32.7 Å². The molecule has 1 unspecified atom stereocenters. The van der Waals surface area contributed by atoms with E-state index in [1.807, 2.05) is 24.3 Å². The fourth-order valence-corrected chi connectivity index (χ4v) is 1.33. The molecule has 1 aromatic carbocycles. The molecule has 4 heteroatoms. The van der Waals surface area contributed by atoms with Gasteiger partial charge >= 0.3 is 0 Å². The van der Waals surface area contributed by atoms with E-state index in [1.165, 1.54) is 5.56 Å². The van der Waals surface area contributed by atoms with Gasteiger partial charge in [0.05, 0.1) is 6.54 Å². The van der Waals surface area contributed by atoms with Crippen molar-refractivity contribution in [3.8, 4) is 0 Å². The molecule has 0 aromatic heterocycles. The molecule has 1 aromatic rings. The molecule has 0 amide bonds. The summed E-state index contributed by atoms with van der Waals surface area (Å²) in [5, 5.41) is 13.5. The van der Waals surface area contributed by atoms with Gasteiger partial charge < -0.3 is 5.32 Å². The van der Waals surface area contributed by atoms with Gasteiger partial charge in [0.15, 0.2) is 0 Å². The molecule has 0 saturated carbocycles. The van der Waals surface area contributed by atoms with Gasteiger partial charge in [0.25, 0.3) is 0 Å². The van der Waals surface area contributed by atoms with Gasteiger partial charge in [-0.1, -0.05) is 26.0 Å². The normalized spacial score (nSPS) is 12.5. The quantitative estimate of drug-likeness (QED) is 0.615. The standard InChI is InChI=1S/C12H18N2O2/c1-9(2)11-4-6-12(7-5-11)13-8-10(3)14(15)16/h4-7,9-10,13H,8H2,1-3H3. The van der Waals surface area contributed by atoms with Crippen LogP contribution in [0.15, 0.2) is 24.3 Å². The van der Waals surface area contributed by atoms with Crippen molar-refractivity contribution in [2.75, 3.05) is 11.9 Å². The van der Waals surface area contributed by atoms with Gasteiger partial charge in [-0.05, 0) is 23.6 Å². The molecular weight excluding hydrogens is 204 g/mol. The van der Waals surface area contributed by atoms with Gasteiger partial charge in [-0.3, -0.25) is 10.1 Å². The minimum Gasteiger partial charge on any atom is -0.378 e. The number of hydrogen-bond acceptors (Lipinski definition) is 3. The summed E-state index contributed by atoms with van der Waals surface area (Å²) in [5.74, 6) is 0.506. The second kappa shape index (κ2) is 5.49. The minimum atomic E-state index is -0.565. The maximum atomic E-state index is 10.4. The number of nitrogens with one attached hydrogen (secondary N) is 1. The third kappa shape index (κ3) is 3.53. The molecule has 0 saturated heterocycles. The van der Waals surface area contributed by atoms with Crippen LogP contribution in [0, 0.1) is 10.1 Å². The fourth-order valence-electron chi connectivity index (χ4n) is 1.33. The van der Waals surface area contributed by atoms with Gasteiger partial charge in [0, 0.05) is 17.5 Å². The van der Waals surface area contributed by atoms with E-state index in [2.05, 4.69) is 19.2 Å². The Bertz CT molecular complexity index is 347. The lowest BCUT2D eigenvalue weighted by atomic mass is 10.0. The SMILES string of the molecule is CC(C)c1ccc(NCC(C)[N+](=O)[O-])cc1. The van der Waals surface area contributed by atoms with E-state index in [0.29, 0.717) is 12.5 Å². The molecule has 0 bridgehead atoms. The summed E-state index contributed by atoms with van der Waals surface area (Å²) >= 11 is 0. The predicted molar refractivity (Wildman–Crippen MR) is 65.5 cm³/mol.